The van der Waals surface area contributed by atoms with Gasteiger partial charge in [0.2, 0.25) is 15.9 Å². The van der Waals surface area contributed by atoms with Gasteiger partial charge in [-0.1, -0.05) is 97.2 Å². The number of amides is 4. The van der Waals surface area contributed by atoms with E-state index >= 15 is 0 Å². The van der Waals surface area contributed by atoms with Crippen LogP contribution in [0.2, 0.25) is 0 Å². The molecule has 0 saturated carbocycles. The first-order valence-corrected chi connectivity index (χ1v) is 47.8. The third-order valence-corrected chi connectivity index (χ3v) is 27.6. The van der Waals surface area contributed by atoms with Gasteiger partial charge in [-0.2, -0.15) is 37.5 Å². The Morgan fingerprint density at radius 2 is 0.911 bits per heavy atom. The van der Waals surface area contributed by atoms with Gasteiger partial charge in [0.05, 0.1) is 29.9 Å². The Morgan fingerprint density at radius 3 is 1.42 bits per heavy atom. The predicted molar refractivity (Wildman–Crippen MR) is 507 cm³/mol. The lowest BCUT2D eigenvalue weighted by atomic mass is 9.90. The van der Waals surface area contributed by atoms with E-state index < -0.39 is 11.7 Å². The lowest BCUT2D eigenvalue weighted by Gasteiger charge is -2.40. The van der Waals surface area contributed by atoms with E-state index in [0.29, 0.717) is 152 Å². The molecular formula is C97H92F7N23O4S4. The van der Waals surface area contributed by atoms with Crippen LogP contribution in [-0.4, -0.2) is 191 Å². The highest BCUT2D eigenvalue weighted by Gasteiger charge is 2.41. The van der Waals surface area contributed by atoms with Gasteiger partial charge < -0.3 is 35.6 Å². The van der Waals surface area contributed by atoms with Gasteiger partial charge in [-0.3, -0.25) is 32.7 Å². The molecule has 0 radical (unpaired) electrons. The molecule has 4 amide bonds. The first kappa shape index (κ1) is 91.5. The molecule has 16 heterocycles. The minimum Gasteiger partial charge on any atom is -0.368 e. The summed E-state index contributed by atoms with van der Waals surface area (Å²) in [7, 11) is 0. The maximum absolute atomic E-state index is 14.7. The third-order valence-electron chi connectivity index (χ3n) is 24.5. The highest BCUT2D eigenvalue weighted by atomic mass is 32.1. The van der Waals surface area contributed by atoms with Crippen LogP contribution < -0.4 is 16.0 Å². The van der Waals surface area contributed by atoms with Gasteiger partial charge in [-0.05, 0) is 193 Å². The van der Waals surface area contributed by atoms with Gasteiger partial charge >= 0.3 is 6.18 Å². The first-order chi connectivity index (χ1) is 65.4. The number of carbonyl (C=O) groups excluding carboxylic acids is 4. The van der Waals surface area contributed by atoms with Crippen LogP contribution in [0.4, 0.5) is 48.3 Å². The van der Waals surface area contributed by atoms with E-state index in [4.69, 9.17) is 5.10 Å². The molecule has 0 aliphatic carbocycles. The van der Waals surface area contributed by atoms with Crippen molar-refractivity contribution in [2.45, 2.75) is 129 Å². The number of halogens is 7. The summed E-state index contributed by atoms with van der Waals surface area (Å²) in [4.78, 5) is 101. The van der Waals surface area contributed by atoms with Crippen molar-refractivity contribution in [3.05, 3.63) is 285 Å². The van der Waals surface area contributed by atoms with Crippen molar-refractivity contribution >= 4 is 106 Å². The molecule has 135 heavy (non-hydrogen) atoms. The molecule has 21 rings (SSSR count). The molecule has 0 spiro atoms. The molecular weight excluding hydrogens is 1810 g/mol. The van der Waals surface area contributed by atoms with Gasteiger partial charge in [0.25, 0.3) is 23.6 Å². The van der Waals surface area contributed by atoms with Gasteiger partial charge in [-0.25, -0.2) is 57.4 Å². The molecule has 0 unspecified atom stereocenters. The van der Waals surface area contributed by atoms with Crippen LogP contribution >= 0.6 is 45.3 Å². The van der Waals surface area contributed by atoms with Crippen molar-refractivity contribution in [3.8, 4) is 56.3 Å². The molecule has 27 nitrogen and oxygen atoms in total. The number of anilines is 3. The number of pyridine rings is 2. The van der Waals surface area contributed by atoms with E-state index in [9.17, 15) is 49.9 Å². The molecule has 12 aromatic heterocycles. The summed E-state index contributed by atoms with van der Waals surface area (Å²) in [5, 5.41) is 28.8. The standard InChI is InChI=1S/C26H22FN5OS.C25H24F4N6OS.C23H24FN7OS.C23H22FN5OS/c27-21-11-5-4-10-20(21)23-24(32-15-16-34-26(32)28-23)25(33)31-13-6-9-19(31)17-30-14-12-22(29-30)18-7-2-1-3-8-18;1-14-4-3-11-34(19(14)13-31-20-10-7-17(12-30-20)25(27,28)29)23(36)22-21(16-5-8-18(26)9-6-16)32-24-35(22)33-15(2)37-24;1-3-15-11-25-22(26-12-15)27-13-18-5-4-10-30(18)21(32)20-19(16-6-8-17(24)9-7-16)28-23-31(20)29-14(2)33-23;1-15-8-9-19(25-13-15)26-14-16-5-4-10-28(16)22(30)21-20(17-6-2-3-7-18(17)24)27-23-29(21)11-12-31-23/h1-5,7-8,10-12,14-16,19H,6,9,13,17H2;5-10,12,14,19H,3-4,11,13H2,1-2H3,(H,30,31);6-9,11-12,18H,3-5,10,13H2,1-2H3,(H,25,26,27);2-3,6-9,11-13,16H,4-5,10,14H2,1H3,(H,25,26)/t19-;14-,19-;18-;16-/m0100/s1. The number of rotatable bonds is 21. The minimum absolute atomic E-state index is 0.00157. The third kappa shape index (κ3) is 19.9. The summed E-state index contributed by atoms with van der Waals surface area (Å²) in [6, 6.07) is 42.9. The number of nitrogens with one attached hydrogen (secondary N) is 3. The number of thiazole rings is 2. The van der Waals surface area contributed by atoms with Crippen LogP contribution in [0.3, 0.4) is 0 Å². The van der Waals surface area contributed by atoms with Gasteiger partial charge in [0, 0.05) is 140 Å². The molecule has 4 fully saturated rings. The maximum Gasteiger partial charge on any atom is 0.417 e. The molecule has 692 valence electrons. The van der Waals surface area contributed by atoms with Gasteiger partial charge in [0.1, 0.15) is 79.1 Å². The quantitative estimate of drug-likeness (QED) is 0.0564. The summed E-state index contributed by atoms with van der Waals surface area (Å²) in [6.07, 6.45) is 15.4. The normalized spacial score (nSPS) is 16.7. The monoisotopic (exact) mass is 1900 g/mol. The van der Waals surface area contributed by atoms with Crippen molar-refractivity contribution in [1.82, 2.24) is 97.3 Å². The number of hydrogen-bond donors (Lipinski definition) is 3. The van der Waals surface area contributed by atoms with Crippen molar-refractivity contribution in [2.24, 2.45) is 5.92 Å². The molecule has 3 N–H and O–H groups in total. The Morgan fingerprint density at radius 1 is 0.444 bits per heavy atom. The molecule has 38 heteroatoms. The van der Waals surface area contributed by atoms with Crippen molar-refractivity contribution in [2.75, 3.05) is 61.8 Å². The zero-order valence-corrected chi connectivity index (χ0v) is 77.2. The van der Waals surface area contributed by atoms with Crippen LogP contribution in [0.15, 0.2) is 212 Å². The fourth-order valence-electron chi connectivity index (χ4n) is 17.6. The molecule has 5 aromatic carbocycles. The summed E-state index contributed by atoms with van der Waals surface area (Å²) in [5.41, 5.74) is 8.61. The Balaban J connectivity index is 0.000000120. The predicted octanol–water partition coefficient (Wildman–Crippen LogP) is 19.6. The Kier molecular flexibility index (Phi) is 27.2. The summed E-state index contributed by atoms with van der Waals surface area (Å²) in [6.45, 7) is 14.4. The molecule has 4 aliphatic heterocycles. The topological polar surface area (TPSA) is 282 Å². The van der Waals surface area contributed by atoms with Crippen molar-refractivity contribution in [1.29, 1.82) is 0 Å². The van der Waals surface area contributed by atoms with E-state index in [1.165, 1.54) is 87.8 Å². The number of carbonyl (C=O) groups is 4. The molecule has 0 bridgehead atoms. The van der Waals surface area contributed by atoms with Gasteiger partial charge in [0.15, 0.2) is 21.3 Å². The summed E-state index contributed by atoms with van der Waals surface area (Å²) >= 11 is 5.64. The number of aromatic nitrogens is 16. The van der Waals surface area contributed by atoms with Crippen LogP contribution in [0.5, 0.6) is 0 Å². The minimum atomic E-state index is -4.46. The van der Waals surface area contributed by atoms with Crippen LogP contribution in [0, 0.1) is 50.0 Å². The highest BCUT2D eigenvalue weighted by molar-refractivity contribution is 7.17. The number of nitrogens with zero attached hydrogens (tertiary/aromatic N) is 20. The zero-order valence-electron chi connectivity index (χ0n) is 74.0. The number of aryl methyl sites for hydroxylation is 4. The summed E-state index contributed by atoms with van der Waals surface area (Å²) in [5.74, 6) is -0.330. The molecule has 4 aliphatic rings. The Bertz CT molecular complexity index is 7080. The average Bonchev–Trinajstić information content (AvgIpc) is 1.64. The molecule has 5 atom stereocenters. The fourth-order valence-corrected chi connectivity index (χ4v) is 20.5. The number of piperidine rings is 1. The van der Waals surface area contributed by atoms with E-state index in [-0.39, 0.29) is 77.0 Å². The maximum atomic E-state index is 14.7. The lowest BCUT2D eigenvalue weighted by molar-refractivity contribution is -0.137. The van der Waals surface area contributed by atoms with Crippen molar-refractivity contribution in [3.63, 3.8) is 0 Å². The smallest absolute Gasteiger partial charge is 0.368 e. The number of alkyl halides is 3. The van der Waals surface area contributed by atoms with Crippen LogP contribution in [-0.2, 0) is 19.1 Å². The molecule has 17 aromatic rings. The fraction of sp³-hybridized carbons (Fsp3) is 0.289. The van der Waals surface area contributed by atoms with E-state index in [2.05, 4.69) is 72.9 Å². The number of benzene rings is 5. The Labute approximate surface area is 786 Å². The first-order valence-electron chi connectivity index (χ1n) is 44.4. The lowest BCUT2D eigenvalue weighted by Crippen LogP contribution is -2.51. The van der Waals surface area contributed by atoms with E-state index in [1.807, 2.05) is 144 Å². The number of hydrogen-bond acceptors (Lipinski definition) is 22. The SMILES string of the molecule is CCc1cnc(NC[C@@H]2CCCN2C(=O)c2c(-c3ccc(F)cc3)nc3sc(C)nn23)nc1.Cc1ccc(NC[C@@H]2CCCN2C(=O)c2c(-c3ccccc3F)nc3sccn23)nc1.Cc1nn2c(C(=O)N3CCC[C@@H](C)[C@H]3CNc3ccc(C(F)(F)F)cn3)c(-c3ccc(F)cc3)nc2s1.O=C(c1c(-c2ccccc2F)nc2sccn12)N1CCC[C@H]1Cn1ccc(-c2ccccc2)n1. The number of likely N-dealkylation sites (tertiary alicyclic amines) is 4. The highest BCUT2D eigenvalue weighted by Crippen LogP contribution is 2.39. The summed E-state index contributed by atoms with van der Waals surface area (Å²) < 4.78 is 104. The number of imidazole rings is 4. The number of fused-ring (bicyclic) bond motifs is 4. The largest absolute Gasteiger partial charge is 0.417 e. The average molecular weight is 1910 g/mol. The van der Waals surface area contributed by atoms with Gasteiger partial charge in [-0.15, -0.1) is 22.7 Å². The van der Waals surface area contributed by atoms with E-state index in [1.54, 1.807) is 83.4 Å². The second-order valence-corrected chi connectivity index (χ2v) is 37.4. The Hall–Kier alpha value is -14.0. The molecule has 4 saturated heterocycles. The van der Waals surface area contributed by atoms with Crippen LogP contribution in [0.1, 0.15) is 134 Å². The van der Waals surface area contributed by atoms with E-state index in [0.717, 1.165) is 108 Å². The van der Waals surface area contributed by atoms with Crippen molar-refractivity contribution < 1.29 is 49.9 Å². The van der Waals surface area contributed by atoms with Crippen LogP contribution in [0.25, 0.3) is 76.1 Å². The second-order valence-electron chi connectivity index (χ2n) is 33.4. The second kappa shape index (κ2) is 40.1. The zero-order chi connectivity index (χ0) is 93.7.